The highest BCUT2D eigenvalue weighted by atomic mass is 35.5. The van der Waals surface area contributed by atoms with Crippen LogP contribution in [0.4, 0.5) is 19.0 Å². The lowest BCUT2D eigenvalue weighted by molar-refractivity contribution is -0.137. The average Bonchev–Trinajstić information content (AvgIpc) is 3.11. The average molecular weight is 391 g/mol. The van der Waals surface area contributed by atoms with E-state index in [2.05, 4.69) is 20.9 Å². The first-order valence-electron chi connectivity index (χ1n) is 7.31. The molecule has 7 nitrogen and oxygen atoms in total. The Kier molecular flexibility index (Phi) is 6.45. The van der Waals surface area contributed by atoms with Crippen molar-refractivity contribution in [2.45, 2.75) is 6.18 Å². The molecule has 2 amide bonds. The summed E-state index contributed by atoms with van der Waals surface area (Å²) in [5.41, 5.74) is -0.655. The Balaban J connectivity index is 1.70. The highest BCUT2D eigenvalue weighted by Gasteiger charge is 2.31. The summed E-state index contributed by atoms with van der Waals surface area (Å²) in [6.45, 7) is 0.0995. The molecule has 0 aliphatic heterocycles. The van der Waals surface area contributed by atoms with E-state index < -0.39 is 23.6 Å². The highest BCUT2D eigenvalue weighted by molar-refractivity contribution is 6.32. The smallest absolute Gasteiger partial charge is 0.417 e. The van der Waals surface area contributed by atoms with E-state index in [1.807, 2.05) is 0 Å². The number of carbonyl (C=O) groups excluding carboxylic acids is 2. The summed E-state index contributed by atoms with van der Waals surface area (Å²) < 4.78 is 42.3. The van der Waals surface area contributed by atoms with Crippen LogP contribution < -0.4 is 16.0 Å². The first-order chi connectivity index (χ1) is 12.3. The maximum absolute atomic E-state index is 12.5. The SMILES string of the molecule is O=C(CNC(=O)c1ccoc1)NCCNc1ncc(C(F)(F)F)cc1Cl. The maximum Gasteiger partial charge on any atom is 0.417 e. The van der Waals surface area contributed by atoms with Gasteiger partial charge in [-0.05, 0) is 12.1 Å². The first kappa shape index (κ1) is 19.6. The van der Waals surface area contributed by atoms with Crippen LogP contribution in [0.3, 0.4) is 0 Å². The first-order valence-corrected chi connectivity index (χ1v) is 7.69. The van der Waals surface area contributed by atoms with E-state index in [4.69, 9.17) is 16.0 Å². The van der Waals surface area contributed by atoms with Gasteiger partial charge in [-0.2, -0.15) is 13.2 Å². The molecule has 0 spiro atoms. The van der Waals surface area contributed by atoms with Crippen LogP contribution in [0.25, 0.3) is 0 Å². The summed E-state index contributed by atoms with van der Waals surface area (Å²) in [6.07, 6.45) is -1.28. The number of anilines is 1. The number of rotatable bonds is 7. The van der Waals surface area contributed by atoms with Gasteiger partial charge in [0.1, 0.15) is 12.1 Å². The number of halogens is 4. The van der Waals surface area contributed by atoms with Crippen molar-refractivity contribution in [2.75, 3.05) is 25.0 Å². The predicted octanol–water partition coefficient (Wildman–Crippen LogP) is 2.30. The molecule has 2 aromatic heterocycles. The van der Waals surface area contributed by atoms with Gasteiger partial charge in [0.2, 0.25) is 5.91 Å². The fourth-order valence-corrected chi connectivity index (χ4v) is 2.06. The van der Waals surface area contributed by atoms with E-state index >= 15 is 0 Å². The molecule has 0 atom stereocenters. The fourth-order valence-electron chi connectivity index (χ4n) is 1.82. The lowest BCUT2D eigenvalue weighted by Gasteiger charge is -2.11. The Hall–Kier alpha value is -2.75. The molecule has 0 aliphatic carbocycles. The molecule has 11 heteroatoms. The van der Waals surface area contributed by atoms with E-state index in [1.54, 1.807) is 0 Å². The van der Waals surface area contributed by atoms with Crippen LogP contribution in [0.5, 0.6) is 0 Å². The zero-order valence-corrected chi connectivity index (χ0v) is 13.9. The van der Waals surface area contributed by atoms with Gasteiger partial charge in [0.15, 0.2) is 0 Å². The van der Waals surface area contributed by atoms with Crippen molar-refractivity contribution in [2.24, 2.45) is 0 Å². The minimum Gasteiger partial charge on any atom is -0.472 e. The molecule has 2 aromatic rings. The van der Waals surface area contributed by atoms with Crippen molar-refractivity contribution in [1.82, 2.24) is 15.6 Å². The minimum absolute atomic E-state index is 0.0715. The lowest BCUT2D eigenvalue weighted by Crippen LogP contribution is -2.38. The van der Waals surface area contributed by atoms with Gasteiger partial charge in [-0.15, -0.1) is 0 Å². The summed E-state index contributed by atoms with van der Waals surface area (Å²) in [4.78, 5) is 26.8. The summed E-state index contributed by atoms with van der Waals surface area (Å²) in [5, 5.41) is 7.45. The van der Waals surface area contributed by atoms with Crippen molar-refractivity contribution in [3.8, 4) is 0 Å². The maximum atomic E-state index is 12.5. The summed E-state index contributed by atoms with van der Waals surface area (Å²) in [7, 11) is 0. The van der Waals surface area contributed by atoms with Crippen LogP contribution in [0.15, 0.2) is 35.3 Å². The molecular weight excluding hydrogens is 377 g/mol. The van der Waals surface area contributed by atoms with Gasteiger partial charge >= 0.3 is 6.18 Å². The van der Waals surface area contributed by atoms with E-state index in [9.17, 15) is 22.8 Å². The molecule has 0 radical (unpaired) electrons. The highest BCUT2D eigenvalue weighted by Crippen LogP contribution is 2.32. The van der Waals surface area contributed by atoms with Gasteiger partial charge in [-0.25, -0.2) is 4.98 Å². The second-order valence-electron chi connectivity index (χ2n) is 5.02. The molecule has 2 rings (SSSR count). The summed E-state index contributed by atoms with van der Waals surface area (Å²) in [5.74, 6) is -0.815. The van der Waals surface area contributed by atoms with Crippen molar-refractivity contribution in [3.05, 3.63) is 47.0 Å². The number of nitrogens with zero attached hydrogens (tertiary/aromatic N) is 1. The summed E-state index contributed by atoms with van der Waals surface area (Å²) in [6, 6.07) is 2.22. The summed E-state index contributed by atoms with van der Waals surface area (Å²) >= 11 is 5.74. The van der Waals surface area contributed by atoms with Crippen LogP contribution in [0.1, 0.15) is 15.9 Å². The van der Waals surface area contributed by atoms with E-state index in [0.717, 1.165) is 6.07 Å². The van der Waals surface area contributed by atoms with Gasteiger partial charge in [0.05, 0.1) is 29.0 Å². The molecule has 3 N–H and O–H groups in total. The molecule has 26 heavy (non-hydrogen) atoms. The van der Waals surface area contributed by atoms with Crippen LogP contribution in [-0.2, 0) is 11.0 Å². The normalized spacial score (nSPS) is 11.1. The molecule has 0 saturated heterocycles. The third-order valence-corrected chi connectivity index (χ3v) is 3.39. The zero-order chi connectivity index (χ0) is 19.2. The van der Waals surface area contributed by atoms with Gasteiger partial charge in [-0.1, -0.05) is 11.6 Å². The predicted molar refractivity (Wildman–Crippen MR) is 86.8 cm³/mol. The molecule has 0 aromatic carbocycles. The number of aromatic nitrogens is 1. The topological polar surface area (TPSA) is 96.3 Å². The van der Waals surface area contributed by atoms with Crippen LogP contribution in [0.2, 0.25) is 5.02 Å². The molecule has 0 saturated carbocycles. The third kappa shape index (κ3) is 5.66. The second kappa shape index (κ2) is 8.56. The number of hydrogen-bond acceptors (Lipinski definition) is 5. The molecule has 0 fully saturated rings. The van der Waals surface area contributed by atoms with E-state index in [0.29, 0.717) is 11.8 Å². The van der Waals surface area contributed by atoms with Gasteiger partial charge in [-0.3, -0.25) is 9.59 Å². The number of pyridine rings is 1. The van der Waals surface area contributed by atoms with Crippen molar-refractivity contribution >= 4 is 29.2 Å². The van der Waals surface area contributed by atoms with Gasteiger partial charge in [0, 0.05) is 19.3 Å². The van der Waals surface area contributed by atoms with Crippen LogP contribution >= 0.6 is 11.6 Å². The van der Waals surface area contributed by atoms with E-state index in [1.165, 1.54) is 18.6 Å². The Morgan fingerprint density at radius 1 is 1.23 bits per heavy atom. The van der Waals surface area contributed by atoms with Crippen molar-refractivity contribution < 1.29 is 27.2 Å². The molecule has 0 bridgehead atoms. The number of furan rings is 1. The number of hydrogen-bond donors (Lipinski definition) is 3. The van der Waals surface area contributed by atoms with Gasteiger partial charge in [0.25, 0.3) is 5.91 Å². The van der Waals surface area contributed by atoms with Crippen LogP contribution in [-0.4, -0.2) is 36.4 Å². The minimum atomic E-state index is -4.52. The number of carbonyl (C=O) groups is 2. The van der Waals surface area contributed by atoms with Crippen molar-refractivity contribution in [1.29, 1.82) is 0 Å². The number of nitrogens with one attached hydrogen (secondary N) is 3. The Morgan fingerprint density at radius 3 is 2.62 bits per heavy atom. The Labute approximate surface area is 150 Å². The zero-order valence-electron chi connectivity index (χ0n) is 13.2. The Bertz CT molecular complexity index is 766. The quantitative estimate of drug-likeness (QED) is 0.630. The molecule has 140 valence electrons. The fraction of sp³-hybridized carbons (Fsp3) is 0.267. The number of amides is 2. The molecule has 0 aliphatic rings. The monoisotopic (exact) mass is 390 g/mol. The van der Waals surface area contributed by atoms with E-state index in [-0.39, 0.29) is 30.5 Å². The lowest BCUT2D eigenvalue weighted by atomic mass is 10.3. The number of alkyl halides is 3. The largest absolute Gasteiger partial charge is 0.472 e. The van der Waals surface area contributed by atoms with Crippen molar-refractivity contribution in [3.63, 3.8) is 0 Å². The standard InChI is InChI=1S/C15H14ClF3N4O3/c16-11-5-10(15(17,18)19)6-22-13(11)21-3-2-20-12(24)7-23-14(25)9-1-4-26-8-9/h1,4-6,8H,2-3,7H2,(H,20,24)(H,21,22)(H,23,25). The Morgan fingerprint density at radius 2 is 2.00 bits per heavy atom. The third-order valence-electron chi connectivity index (χ3n) is 3.10. The molecule has 2 heterocycles. The molecule has 0 unspecified atom stereocenters. The molecular formula is C15H14ClF3N4O3. The van der Waals surface area contributed by atoms with Gasteiger partial charge < -0.3 is 20.4 Å². The van der Waals surface area contributed by atoms with Crippen LogP contribution in [0, 0.1) is 0 Å². The second-order valence-corrected chi connectivity index (χ2v) is 5.43.